The van der Waals surface area contributed by atoms with Crippen molar-refractivity contribution in [3.8, 4) is 5.75 Å². The Morgan fingerprint density at radius 2 is 1.93 bits per heavy atom. The first-order valence-electron chi connectivity index (χ1n) is 8.92. The predicted molar refractivity (Wildman–Crippen MR) is 111 cm³/mol. The lowest BCUT2D eigenvalue weighted by atomic mass is 10.2. The van der Waals surface area contributed by atoms with E-state index < -0.39 is 10.0 Å². The molecule has 2 aromatic rings. The maximum Gasteiger partial charge on any atom is 0.261 e. The van der Waals surface area contributed by atoms with E-state index in [1.165, 1.54) is 18.2 Å². The van der Waals surface area contributed by atoms with E-state index >= 15 is 0 Å². The van der Waals surface area contributed by atoms with Crippen molar-refractivity contribution in [2.45, 2.75) is 23.8 Å². The average molecular weight is 459 g/mol. The number of sulfonamides is 1. The molecule has 29 heavy (non-hydrogen) atoms. The fraction of sp³-hybridized carbons (Fsp3) is 0.316. The highest BCUT2D eigenvalue weighted by atomic mass is 35.5. The van der Waals surface area contributed by atoms with Crippen molar-refractivity contribution in [3.63, 3.8) is 0 Å². The molecule has 0 bridgehead atoms. The zero-order valence-corrected chi connectivity index (χ0v) is 17.7. The van der Waals surface area contributed by atoms with Crippen LogP contribution in [0.2, 0.25) is 10.0 Å². The lowest BCUT2D eigenvalue weighted by molar-refractivity contribution is -0.123. The smallest absolute Gasteiger partial charge is 0.261 e. The second-order valence-corrected chi connectivity index (χ2v) is 8.96. The maximum absolute atomic E-state index is 12.5. The number of ether oxygens (including phenoxy) is 2. The summed E-state index contributed by atoms with van der Waals surface area (Å²) < 4.78 is 38.3. The van der Waals surface area contributed by atoms with Crippen molar-refractivity contribution < 1.29 is 22.7 Å². The van der Waals surface area contributed by atoms with Gasteiger partial charge in [-0.3, -0.25) is 9.52 Å². The van der Waals surface area contributed by atoms with Gasteiger partial charge in [-0.25, -0.2) is 8.42 Å². The first kappa shape index (κ1) is 21.7. The van der Waals surface area contributed by atoms with Gasteiger partial charge in [0, 0.05) is 23.9 Å². The number of rotatable bonds is 8. The molecule has 156 valence electrons. The van der Waals surface area contributed by atoms with Crippen molar-refractivity contribution >= 4 is 44.8 Å². The van der Waals surface area contributed by atoms with E-state index in [0.29, 0.717) is 17.3 Å². The van der Waals surface area contributed by atoms with E-state index in [1.807, 2.05) is 0 Å². The first-order valence-corrected chi connectivity index (χ1v) is 11.2. The molecule has 2 aromatic carbocycles. The SMILES string of the molecule is O=C(COc1ccc(S(=O)(=O)Nc2ccc(Cl)cc2)cc1Cl)NC[C@H]1CCCO1. The average Bonchev–Trinajstić information content (AvgIpc) is 3.20. The zero-order chi connectivity index (χ0) is 20.9. The summed E-state index contributed by atoms with van der Waals surface area (Å²) in [5, 5.41) is 3.31. The molecule has 0 saturated carbocycles. The molecular formula is C19H20Cl2N2O5S. The van der Waals surface area contributed by atoms with Gasteiger partial charge in [-0.2, -0.15) is 0 Å². The number of amides is 1. The summed E-state index contributed by atoms with van der Waals surface area (Å²) in [6.45, 7) is 0.916. The molecule has 1 saturated heterocycles. The van der Waals surface area contributed by atoms with Crippen LogP contribution in [0.4, 0.5) is 5.69 Å². The summed E-state index contributed by atoms with van der Waals surface area (Å²) in [6.07, 6.45) is 1.96. The Kier molecular flexibility index (Phi) is 7.23. The molecule has 0 unspecified atom stereocenters. The minimum atomic E-state index is -3.84. The maximum atomic E-state index is 12.5. The van der Waals surface area contributed by atoms with Crippen LogP contribution in [0.5, 0.6) is 5.75 Å². The van der Waals surface area contributed by atoms with Crippen LogP contribution in [0.25, 0.3) is 0 Å². The Bertz CT molecular complexity index is 961. The van der Waals surface area contributed by atoms with Gasteiger partial charge in [0.05, 0.1) is 16.0 Å². The van der Waals surface area contributed by atoms with Crippen LogP contribution in [0.15, 0.2) is 47.4 Å². The molecule has 7 nitrogen and oxygen atoms in total. The minimum Gasteiger partial charge on any atom is -0.482 e. The van der Waals surface area contributed by atoms with E-state index in [2.05, 4.69) is 10.0 Å². The molecular weight excluding hydrogens is 439 g/mol. The lowest BCUT2D eigenvalue weighted by Gasteiger charge is -2.13. The number of carbonyl (C=O) groups is 1. The molecule has 1 heterocycles. The summed E-state index contributed by atoms with van der Waals surface area (Å²) in [5.41, 5.74) is 0.369. The number of carbonyl (C=O) groups excluding carboxylic acids is 1. The number of hydrogen-bond acceptors (Lipinski definition) is 5. The molecule has 0 spiro atoms. The van der Waals surface area contributed by atoms with Gasteiger partial charge in [0.2, 0.25) is 0 Å². The fourth-order valence-corrected chi connectivity index (χ4v) is 4.24. The Balaban J connectivity index is 1.57. The predicted octanol–water partition coefficient (Wildman–Crippen LogP) is 3.47. The highest BCUT2D eigenvalue weighted by Gasteiger charge is 2.18. The molecule has 1 atom stereocenters. The monoisotopic (exact) mass is 458 g/mol. The van der Waals surface area contributed by atoms with Crippen molar-refractivity contribution in [1.82, 2.24) is 5.32 Å². The Morgan fingerprint density at radius 3 is 2.59 bits per heavy atom. The van der Waals surface area contributed by atoms with Crippen LogP contribution in [0.1, 0.15) is 12.8 Å². The number of hydrogen-bond donors (Lipinski definition) is 2. The van der Waals surface area contributed by atoms with Crippen LogP contribution in [0.3, 0.4) is 0 Å². The summed E-state index contributed by atoms with van der Waals surface area (Å²) in [5.74, 6) is -0.0953. The highest BCUT2D eigenvalue weighted by Crippen LogP contribution is 2.28. The second kappa shape index (κ2) is 9.67. The molecule has 0 aliphatic carbocycles. The zero-order valence-electron chi connectivity index (χ0n) is 15.4. The third kappa shape index (κ3) is 6.24. The Labute approximate surface area is 179 Å². The third-order valence-electron chi connectivity index (χ3n) is 4.22. The molecule has 0 aromatic heterocycles. The van der Waals surface area contributed by atoms with Crippen LogP contribution < -0.4 is 14.8 Å². The third-order valence-corrected chi connectivity index (χ3v) is 6.15. The van der Waals surface area contributed by atoms with Gasteiger partial charge in [-0.1, -0.05) is 23.2 Å². The van der Waals surface area contributed by atoms with E-state index in [9.17, 15) is 13.2 Å². The fourth-order valence-electron chi connectivity index (χ4n) is 2.73. The molecule has 0 radical (unpaired) electrons. The van der Waals surface area contributed by atoms with Gasteiger partial charge in [0.15, 0.2) is 6.61 Å². The van der Waals surface area contributed by atoms with Crippen molar-refractivity contribution in [2.24, 2.45) is 0 Å². The van der Waals surface area contributed by atoms with E-state index in [-0.39, 0.29) is 34.3 Å². The first-order chi connectivity index (χ1) is 13.8. The molecule has 3 rings (SSSR count). The van der Waals surface area contributed by atoms with Crippen molar-refractivity contribution in [3.05, 3.63) is 52.5 Å². The van der Waals surface area contributed by atoms with Gasteiger partial charge in [-0.05, 0) is 55.3 Å². The minimum absolute atomic E-state index is 0.0346. The van der Waals surface area contributed by atoms with E-state index in [1.54, 1.807) is 24.3 Å². The standard InChI is InChI=1S/C19H20Cl2N2O5S/c20-13-3-5-14(6-4-13)23-29(25,26)16-7-8-18(17(21)10-16)28-12-19(24)22-11-15-2-1-9-27-15/h3-8,10,15,23H,1-2,9,11-12H2,(H,22,24)/t15-/m1/s1. The number of halogens is 2. The number of anilines is 1. The van der Waals surface area contributed by atoms with Gasteiger partial charge in [-0.15, -0.1) is 0 Å². The largest absolute Gasteiger partial charge is 0.482 e. The molecule has 10 heteroatoms. The second-order valence-electron chi connectivity index (χ2n) is 6.43. The van der Waals surface area contributed by atoms with Gasteiger partial charge >= 0.3 is 0 Å². The number of benzene rings is 2. The molecule has 1 aliphatic heterocycles. The van der Waals surface area contributed by atoms with Crippen LogP contribution in [0, 0.1) is 0 Å². The van der Waals surface area contributed by atoms with Gasteiger partial charge in [0.1, 0.15) is 5.75 Å². The summed E-state index contributed by atoms with van der Waals surface area (Å²) in [4.78, 5) is 11.9. The van der Waals surface area contributed by atoms with Gasteiger partial charge < -0.3 is 14.8 Å². The van der Waals surface area contributed by atoms with Crippen molar-refractivity contribution in [1.29, 1.82) is 0 Å². The lowest BCUT2D eigenvalue weighted by Crippen LogP contribution is -2.35. The Hall–Kier alpha value is -2.00. The van der Waals surface area contributed by atoms with Crippen molar-refractivity contribution in [2.75, 3.05) is 24.5 Å². The normalized spacial score (nSPS) is 16.4. The summed E-state index contributed by atoms with van der Waals surface area (Å²) in [6, 6.07) is 10.3. The van der Waals surface area contributed by atoms with Crippen LogP contribution >= 0.6 is 23.2 Å². The summed E-state index contributed by atoms with van der Waals surface area (Å²) in [7, 11) is -3.84. The Morgan fingerprint density at radius 1 is 1.17 bits per heavy atom. The molecule has 1 amide bonds. The molecule has 1 fully saturated rings. The van der Waals surface area contributed by atoms with Crippen LogP contribution in [-0.2, 0) is 19.6 Å². The quantitative estimate of drug-likeness (QED) is 0.631. The van der Waals surface area contributed by atoms with E-state index in [0.717, 1.165) is 19.4 Å². The summed E-state index contributed by atoms with van der Waals surface area (Å²) >= 11 is 11.9. The molecule has 2 N–H and O–H groups in total. The van der Waals surface area contributed by atoms with Gasteiger partial charge in [0.25, 0.3) is 15.9 Å². The molecule has 1 aliphatic rings. The highest BCUT2D eigenvalue weighted by molar-refractivity contribution is 7.92. The topological polar surface area (TPSA) is 93.7 Å². The number of nitrogens with one attached hydrogen (secondary N) is 2. The van der Waals surface area contributed by atoms with Crippen LogP contribution in [-0.4, -0.2) is 40.2 Å². The van der Waals surface area contributed by atoms with E-state index in [4.69, 9.17) is 32.7 Å².